The van der Waals surface area contributed by atoms with Gasteiger partial charge in [-0.2, -0.15) is 8.42 Å². The zero-order valence-electron chi connectivity index (χ0n) is 8.23. The van der Waals surface area contributed by atoms with E-state index in [9.17, 15) is 17.6 Å². The van der Waals surface area contributed by atoms with E-state index in [4.69, 9.17) is 22.3 Å². The highest BCUT2D eigenvalue weighted by Gasteiger charge is 2.44. The zero-order chi connectivity index (χ0) is 12.8. The third kappa shape index (κ3) is 2.38. The molecule has 0 radical (unpaired) electrons. The van der Waals surface area contributed by atoms with Gasteiger partial charge in [0.1, 0.15) is 5.82 Å². The topological polar surface area (TPSA) is 54.5 Å². The molecule has 1 aliphatic heterocycles. The molecule has 17 heavy (non-hydrogen) atoms. The first-order valence-corrected chi connectivity index (χ1v) is 7.16. The molecule has 1 unspecified atom stereocenters. The summed E-state index contributed by atoms with van der Waals surface area (Å²) in [5, 5.41) is 0.131. The van der Waals surface area contributed by atoms with Crippen LogP contribution in [0.25, 0.3) is 0 Å². The quantitative estimate of drug-likeness (QED) is 0.621. The van der Waals surface area contributed by atoms with Crippen molar-refractivity contribution in [2.45, 2.75) is 12.5 Å². The molecule has 1 aromatic carbocycles. The van der Waals surface area contributed by atoms with Crippen LogP contribution in [0.5, 0.6) is 0 Å². The van der Waals surface area contributed by atoms with E-state index in [1.807, 2.05) is 0 Å². The Bertz CT molecular complexity index is 570. The Morgan fingerprint density at radius 2 is 2.00 bits per heavy atom. The summed E-state index contributed by atoms with van der Waals surface area (Å²) in [4.78, 5) is 11.2. The number of nitrogens with zero attached hydrogens (tertiary/aromatic N) is 1. The van der Waals surface area contributed by atoms with E-state index >= 15 is 0 Å². The SMILES string of the molecule is O=C1CC(c2cc(F)cc(Cl)c2)N1S(=O)(=O)Cl. The maximum atomic E-state index is 13.1. The Labute approximate surface area is 106 Å². The lowest BCUT2D eigenvalue weighted by atomic mass is 9.97. The van der Waals surface area contributed by atoms with Gasteiger partial charge in [0, 0.05) is 15.7 Å². The molecule has 0 aliphatic carbocycles. The van der Waals surface area contributed by atoms with Crippen LogP contribution in [0.15, 0.2) is 18.2 Å². The minimum atomic E-state index is -4.15. The molecule has 8 heteroatoms. The average molecular weight is 298 g/mol. The maximum Gasteiger partial charge on any atom is 0.324 e. The summed E-state index contributed by atoms with van der Waals surface area (Å²) in [7, 11) is 0.957. The molecule has 0 spiro atoms. The molecule has 1 fully saturated rings. The lowest BCUT2D eigenvalue weighted by Crippen LogP contribution is -2.47. The number of carbonyl (C=O) groups is 1. The van der Waals surface area contributed by atoms with Gasteiger partial charge in [-0.15, -0.1) is 0 Å². The van der Waals surface area contributed by atoms with Gasteiger partial charge in [-0.25, -0.2) is 8.70 Å². The van der Waals surface area contributed by atoms with Gasteiger partial charge in [0.05, 0.1) is 12.5 Å². The van der Waals surface area contributed by atoms with Gasteiger partial charge < -0.3 is 0 Å². The third-order valence-electron chi connectivity index (χ3n) is 2.40. The summed E-state index contributed by atoms with van der Waals surface area (Å²) in [5.41, 5.74) is 0.304. The van der Waals surface area contributed by atoms with Crippen LogP contribution in [0.2, 0.25) is 5.02 Å². The van der Waals surface area contributed by atoms with E-state index in [2.05, 4.69) is 0 Å². The molecule has 1 atom stereocenters. The van der Waals surface area contributed by atoms with Gasteiger partial charge in [-0.05, 0) is 23.8 Å². The van der Waals surface area contributed by atoms with E-state index in [0.29, 0.717) is 9.87 Å². The molecule has 0 aromatic heterocycles. The number of benzene rings is 1. The first-order valence-electron chi connectivity index (χ1n) is 4.52. The van der Waals surface area contributed by atoms with Gasteiger partial charge >= 0.3 is 9.24 Å². The minimum absolute atomic E-state index is 0.0360. The Balaban J connectivity index is 2.39. The largest absolute Gasteiger partial charge is 0.324 e. The predicted octanol–water partition coefficient (Wildman–Crippen LogP) is 2.24. The van der Waals surface area contributed by atoms with Crippen LogP contribution in [-0.4, -0.2) is 18.6 Å². The molecular weight excluding hydrogens is 292 g/mol. The Morgan fingerprint density at radius 1 is 1.35 bits per heavy atom. The average Bonchev–Trinajstić information content (AvgIpc) is 2.08. The van der Waals surface area contributed by atoms with Crippen molar-refractivity contribution in [2.75, 3.05) is 0 Å². The highest BCUT2D eigenvalue weighted by molar-refractivity contribution is 8.12. The van der Waals surface area contributed by atoms with Crippen LogP contribution in [0.4, 0.5) is 4.39 Å². The van der Waals surface area contributed by atoms with Crippen LogP contribution in [0, 0.1) is 5.82 Å². The predicted molar refractivity (Wildman–Crippen MR) is 60.4 cm³/mol. The van der Waals surface area contributed by atoms with E-state index in [1.54, 1.807) is 0 Å². The van der Waals surface area contributed by atoms with Crippen LogP contribution >= 0.6 is 22.3 Å². The molecule has 0 bridgehead atoms. The van der Waals surface area contributed by atoms with Crippen LogP contribution in [-0.2, 0) is 14.0 Å². The monoisotopic (exact) mass is 297 g/mol. The summed E-state index contributed by atoms with van der Waals surface area (Å²) in [6.07, 6.45) is -0.0360. The first kappa shape index (κ1) is 12.6. The highest BCUT2D eigenvalue weighted by atomic mass is 35.7. The van der Waals surface area contributed by atoms with E-state index < -0.39 is 27.0 Å². The second-order valence-electron chi connectivity index (χ2n) is 3.55. The summed E-state index contributed by atoms with van der Waals surface area (Å²) < 4.78 is 35.9. The number of hydrogen-bond acceptors (Lipinski definition) is 3. The Hall–Kier alpha value is -0.850. The van der Waals surface area contributed by atoms with Crippen molar-refractivity contribution in [2.24, 2.45) is 0 Å². The Kier molecular flexibility index (Phi) is 3.05. The summed E-state index contributed by atoms with van der Waals surface area (Å²) in [5.74, 6) is -1.22. The fourth-order valence-corrected chi connectivity index (χ4v) is 3.26. The van der Waals surface area contributed by atoms with Crippen molar-refractivity contribution in [3.05, 3.63) is 34.6 Å². The van der Waals surface area contributed by atoms with Crippen molar-refractivity contribution in [1.29, 1.82) is 0 Å². The molecule has 1 saturated heterocycles. The van der Waals surface area contributed by atoms with Gasteiger partial charge in [0.2, 0.25) is 5.91 Å². The van der Waals surface area contributed by atoms with Crippen LogP contribution < -0.4 is 0 Å². The van der Waals surface area contributed by atoms with Crippen molar-refractivity contribution < 1.29 is 17.6 Å². The lowest BCUT2D eigenvalue weighted by molar-refractivity contribution is -0.137. The number of β-lactam (4-membered cyclic amide) rings is 1. The second-order valence-corrected chi connectivity index (χ2v) is 6.38. The standard InChI is InChI=1S/C9H6Cl2FNO3S/c10-6-1-5(2-7(12)3-6)8-4-9(14)13(8)17(11,15)16/h1-3,8H,4H2. The lowest BCUT2D eigenvalue weighted by Gasteiger charge is -2.37. The smallest absolute Gasteiger partial charge is 0.274 e. The second kappa shape index (κ2) is 4.12. The van der Waals surface area contributed by atoms with Crippen molar-refractivity contribution >= 4 is 37.4 Å². The summed E-state index contributed by atoms with van der Waals surface area (Å²) in [6, 6.07) is 2.83. The normalized spacial score (nSPS) is 20.3. The molecule has 0 N–H and O–H groups in total. The van der Waals surface area contributed by atoms with Crippen molar-refractivity contribution in [1.82, 2.24) is 4.31 Å². The summed E-state index contributed by atoms with van der Waals surface area (Å²) >= 11 is 5.65. The van der Waals surface area contributed by atoms with Crippen LogP contribution in [0.1, 0.15) is 18.0 Å². The van der Waals surface area contributed by atoms with E-state index in [-0.39, 0.29) is 11.4 Å². The van der Waals surface area contributed by atoms with Gasteiger partial charge in [-0.3, -0.25) is 4.79 Å². The molecule has 1 aromatic rings. The molecule has 1 aliphatic rings. The van der Waals surface area contributed by atoms with Gasteiger partial charge in [0.25, 0.3) is 0 Å². The molecule has 1 heterocycles. The molecule has 0 saturated carbocycles. The molecular formula is C9H6Cl2FNO3S. The minimum Gasteiger partial charge on any atom is -0.274 e. The fourth-order valence-electron chi connectivity index (χ4n) is 1.69. The number of carbonyl (C=O) groups excluding carboxylic acids is 1. The summed E-state index contributed by atoms with van der Waals surface area (Å²) in [6.45, 7) is 0. The van der Waals surface area contributed by atoms with Gasteiger partial charge in [0.15, 0.2) is 0 Å². The van der Waals surface area contributed by atoms with E-state index in [1.165, 1.54) is 6.07 Å². The maximum absolute atomic E-state index is 13.1. The fraction of sp³-hybridized carbons (Fsp3) is 0.222. The third-order valence-corrected chi connectivity index (χ3v) is 3.99. The Morgan fingerprint density at radius 3 is 2.47 bits per heavy atom. The molecule has 4 nitrogen and oxygen atoms in total. The zero-order valence-corrected chi connectivity index (χ0v) is 10.6. The first-order chi connectivity index (χ1) is 7.79. The number of hydrogen-bond donors (Lipinski definition) is 0. The highest BCUT2D eigenvalue weighted by Crippen LogP contribution is 2.39. The molecule has 1 amide bonds. The molecule has 2 rings (SSSR count). The molecule has 92 valence electrons. The van der Waals surface area contributed by atoms with Gasteiger partial charge in [-0.1, -0.05) is 11.6 Å². The number of amides is 1. The van der Waals surface area contributed by atoms with Crippen molar-refractivity contribution in [3.8, 4) is 0 Å². The van der Waals surface area contributed by atoms with Crippen molar-refractivity contribution in [3.63, 3.8) is 0 Å². The number of rotatable bonds is 2. The van der Waals surface area contributed by atoms with Crippen LogP contribution in [0.3, 0.4) is 0 Å². The van der Waals surface area contributed by atoms with E-state index in [0.717, 1.165) is 12.1 Å². The number of halogens is 3.